The zero-order valence-electron chi connectivity index (χ0n) is 18.3. The van der Waals surface area contributed by atoms with Gasteiger partial charge in [0.1, 0.15) is 4.90 Å². The van der Waals surface area contributed by atoms with Crippen molar-refractivity contribution in [2.24, 2.45) is 0 Å². The van der Waals surface area contributed by atoms with Crippen molar-refractivity contribution in [3.63, 3.8) is 0 Å². The lowest BCUT2D eigenvalue weighted by atomic mass is 10.1. The Labute approximate surface area is 209 Å². The number of benzene rings is 3. The fourth-order valence-electron chi connectivity index (χ4n) is 3.30. The lowest BCUT2D eigenvalue weighted by Crippen LogP contribution is -2.25. The highest BCUT2D eigenvalue weighted by molar-refractivity contribution is 7.87. The second-order valence-electron chi connectivity index (χ2n) is 7.58. The highest BCUT2D eigenvalue weighted by atomic mass is 35.5. The smallest absolute Gasteiger partial charge is 0.339 e. The second-order valence-corrected chi connectivity index (χ2v) is 10.5. The maximum Gasteiger partial charge on any atom is 0.339 e. The van der Waals surface area contributed by atoms with Gasteiger partial charge in [-0.2, -0.15) is 18.2 Å². The molecule has 0 radical (unpaired) electrons. The van der Waals surface area contributed by atoms with E-state index in [9.17, 15) is 22.0 Å². The van der Waals surface area contributed by atoms with E-state index in [0.717, 1.165) is 10.2 Å². The van der Waals surface area contributed by atoms with Crippen molar-refractivity contribution < 1.29 is 21.4 Å². The van der Waals surface area contributed by atoms with E-state index in [0.29, 0.717) is 21.8 Å². The van der Waals surface area contributed by atoms with E-state index in [1.165, 1.54) is 24.4 Å². The quantitative estimate of drug-likeness (QED) is 0.262. The standard InChI is InChI=1S/C24H19ClN2O6S2/c1-16-5-11-21(12-6-16)35(31,32)33-23-22(18-9-7-17(8-10-18)15-34(29)30)14-26-27(24(23)28)20-4-2-3-19(25)13-20/h2-14H,15H2,1H3,(H,29,30)/p-1. The molecule has 0 amide bonds. The van der Waals surface area contributed by atoms with Gasteiger partial charge in [-0.3, -0.25) is 9.00 Å². The first kappa shape index (κ1) is 24.8. The van der Waals surface area contributed by atoms with E-state index < -0.39 is 32.5 Å². The maximum atomic E-state index is 13.4. The van der Waals surface area contributed by atoms with Crippen molar-refractivity contribution in [2.45, 2.75) is 17.6 Å². The molecule has 0 spiro atoms. The van der Waals surface area contributed by atoms with Crippen molar-refractivity contribution in [1.82, 2.24) is 9.78 Å². The summed E-state index contributed by atoms with van der Waals surface area (Å²) in [6, 6.07) is 18.6. The summed E-state index contributed by atoms with van der Waals surface area (Å²) in [5, 5.41) is 4.55. The molecule has 0 aliphatic heterocycles. The maximum absolute atomic E-state index is 13.4. The minimum absolute atomic E-state index is 0.118. The molecule has 1 heterocycles. The van der Waals surface area contributed by atoms with Gasteiger partial charge in [-0.05, 0) is 48.4 Å². The second kappa shape index (κ2) is 10.1. The van der Waals surface area contributed by atoms with Gasteiger partial charge in [0.05, 0.1) is 17.4 Å². The molecule has 4 aromatic rings. The van der Waals surface area contributed by atoms with Crippen molar-refractivity contribution in [3.8, 4) is 22.6 Å². The van der Waals surface area contributed by atoms with E-state index in [4.69, 9.17) is 15.8 Å². The summed E-state index contributed by atoms with van der Waals surface area (Å²) in [4.78, 5) is 13.3. The van der Waals surface area contributed by atoms with Gasteiger partial charge < -0.3 is 8.74 Å². The Kier molecular flexibility index (Phi) is 7.18. The van der Waals surface area contributed by atoms with Crippen LogP contribution in [0, 0.1) is 6.92 Å². The molecule has 0 aliphatic carbocycles. The van der Waals surface area contributed by atoms with Crippen LogP contribution in [-0.2, 0) is 27.0 Å². The average molecular weight is 530 g/mol. The fourth-order valence-corrected chi connectivity index (χ4v) is 4.89. The third-order valence-electron chi connectivity index (χ3n) is 5.04. The van der Waals surface area contributed by atoms with E-state index >= 15 is 0 Å². The molecule has 1 atom stereocenters. The van der Waals surface area contributed by atoms with Crippen LogP contribution < -0.4 is 9.74 Å². The lowest BCUT2D eigenvalue weighted by Gasteiger charge is -2.14. The Balaban J connectivity index is 1.86. The van der Waals surface area contributed by atoms with Gasteiger partial charge in [0, 0.05) is 10.8 Å². The summed E-state index contributed by atoms with van der Waals surface area (Å²) in [5.74, 6) is -0.638. The first-order valence-corrected chi connectivity index (χ1v) is 13.2. The van der Waals surface area contributed by atoms with E-state index in [2.05, 4.69) is 5.10 Å². The third-order valence-corrected chi connectivity index (χ3v) is 7.08. The summed E-state index contributed by atoms with van der Waals surface area (Å²) in [5.41, 5.74) is 1.43. The lowest BCUT2D eigenvalue weighted by molar-refractivity contribution is 0.479. The molecule has 0 aliphatic rings. The van der Waals surface area contributed by atoms with Crippen LogP contribution in [0.5, 0.6) is 5.75 Å². The normalized spacial score (nSPS) is 12.3. The van der Waals surface area contributed by atoms with Gasteiger partial charge in [0.2, 0.25) is 5.75 Å². The van der Waals surface area contributed by atoms with E-state index in [1.54, 1.807) is 54.6 Å². The average Bonchev–Trinajstić information content (AvgIpc) is 2.81. The van der Waals surface area contributed by atoms with Crippen molar-refractivity contribution in [3.05, 3.63) is 105 Å². The summed E-state index contributed by atoms with van der Waals surface area (Å²) < 4.78 is 54.4. The van der Waals surface area contributed by atoms with Crippen molar-refractivity contribution in [1.29, 1.82) is 0 Å². The summed E-state index contributed by atoms with van der Waals surface area (Å²) in [7, 11) is -4.36. The van der Waals surface area contributed by atoms with Gasteiger partial charge in [-0.25, -0.2) is 0 Å². The van der Waals surface area contributed by atoms with Crippen LogP contribution in [0.3, 0.4) is 0 Å². The Morgan fingerprint density at radius 1 is 1.06 bits per heavy atom. The molecule has 8 nitrogen and oxygen atoms in total. The number of halogens is 1. The molecule has 0 saturated carbocycles. The van der Waals surface area contributed by atoms with Crippen LogP contribution >= 0.6 is 11.6 Å². The first-order valence-electron chi connectivity index (χ1n) is 10.2. The predicted molar refractivity (Wildman–Crippen MR) is 132 cm³/mol. The van der Waals surface area contributed by atoms with Crippen molar-refractivity contribution >= 4 is 32.8 Å². The molecule has 180 valence electrons. The zero-order valence-corrected chi connectivity index (χ0v) is 20.6. The topological polar surface area (TPSA) is 118 Å². The Morgan fingerprint density at radius 2 is 1.74 bits per heavy atom. The summed E-state index contributed by atoms with van der Waals surface area (Å²) >= 11 is 3.78. The number of aromatic nitrogens is 2. The van der Waals surface area contributed by atoms with Crippen LogP contribution in [0.25, 0.3) is 16.8 Å². The number of rotatable bonds is 7. The molecular weight excluding hydrogens is 512 g/mol. The molecule has 0 bridgehead atoms. The highest BCUT2D eigenvalue weighted by Crippen LogP contribution is 2.30. The molecular formula is C24H18ClN2O6S2-. The molecule has 0 N–H and O–H groups in total. The molecule has 3 aromatic carbocycles. The highest BCUT2D eigenvalue weighted by Gasteiger charge is 2.24. The van der Waals surface area contributed by atoms with Gasteiger partial charge in [-0.15, -0.1) is 0 Å². The zero-order chi connectivity index (χ0) is 25.2. The Morgan fingerprint density at radius 3 is 2.37 bits per heavy atom. The molecule has 0 fully saturated rings. The predicted octanol–water partition coefficient (Wildman–Crippen LogP) is 4.01. The van der Waals surface area contributed by atoms with Crippen LogP contribution in [0.15, 0.2) is 88.7 Å². The summed E-state index contributed by atoms with van der Waals surface area (Å²) in [6.45, 7) is 1.81. The van der Waals surface area contributed by atoms with E-state index in [-0.39, 0.29) is 16.2 Å². The minimum atomic E-state index is -4.36. The van der Waals surface area contributed by atoms with Gasteiger partial charge in [0.25, 0.3) is 0 Å². The SMILES string of the molecule is Cc1ccc(S(=O)(=O)Oc2c(-c3ccc(CS(=O)[O-])cc3)cnn(-c3cccc(Cl)c3)c2=O)cc1. The van der Waals surface area contributed by atoms with Gasteiger partial charge in [0.15, 0.2) is 0 Å². The molecule has 35 heavy (non-hydrogen) atoms. The van der Waals surface area contributed by atoms with Gasteiger partial charge >= 0.3 is 15.7 Å². The third kappa shape index (κ3) is 5.68. The number of hydrogen-bond donors (Lipinski definition) is 0. The Bertz CT molecular complexity index is 1570. The van der Waals surface area contributed by atoms with Crippen LogP contribution in [0.1, 0.15) is 11.1 Å². The molecule has 4 rings (SSSR count). The largest absolute Gasteiger partial charge is 0.772 e. The molecule has 1 unspecified atom stereocenters. The van der Waals surface area contributed by atoms with Crippen LogP contribution in [-0.4, -0.2) is 27.0 Å². The first-order chi connectivity index (χ1) is 16.6. The van der Waals surface area contributed by atoms with Crippen LogP contribution in [0.2, 0.25) is 5.02 Å². The van der Waals surface area contributed by atoms with E-state index in [1.807, 2.05) is 6.92 Å². The Hall–Kier alpha value is -3.31. The monoisotopic (exact) mass is 529 g/mol. The summed E-state index contributed by atoms with van der Waals surface area (Å²) in [6.07, 6.45) is 1.31. The minimum Gasteiger partial charge on any atom is -0.772 e. The van der Waals surface area contributed by atoms with Crippen LogP contribution in [0.4, 0.5) is 0 Å². The fraction of sp³-hybridized carbons (Fsp3) is 0.0833. The molecule has 11 heteroatoms. The number of hydrogen-bond acceptors (Lipinski definition) is 7. The van der Waals surface area contributed by atoms with Crippen molar-refractivity contribution in [2.75, 3.05) is 0 Å². The number of nitrogens with zero attached hydrogens (tertiary/aromatic N) is 2. The van der Waals surface area contributed by atoms with Gasteiger partial charge in [-0.1, -0.05) is 70.7 Å². The molecule has 1 aromatic heterocycles. The number of aryl methyl sites for hydroxylation is 1. The molecule has 0 saturated heterocycles.